The Kier molecular flexibility index (Phi) is 4.83. The van der Waals surface area contributed by atoms with E-state index >= 15 is 0 Å². The molecule has 0 aliphatic carbocycles. The number of morpholine rings is 1. The van der Waals surface area contributed by atoms with Gasteiger partial charge in [-0.25, -0.2) is 4.68 Å². The van der Waals surface area contributed by atoms with E-state index in [0.29, 0.717) is 19.0 Å². The van der Waals surface area contributed by atoms with Crippen molar-refractivity contribution in [3.63, 3.8) is 0 Å². The van der Waals surface area contributed by atoms with Crippen LogP contribution >= 0.6 is 0 Å². The highest BCUT2D eigenvalue weighted by Gasteiger charge is 2.29. The van der Waals surface area contributed by atoms with E-state index in [9.17, 15) is 4.79 Å². The van der Waals surface area contributed by atoms with Gasteiger partial charge in [0, 0.05) is 38.3 Å². The normalized spacial score (nSPS) is 19.0. The fourth-order valence-corrected chi connectivity index (χ4v) is 3.55. The maximum atomic E-state index is 12.6. The van der Waals surface area contributed by atoms with Crippen molar-refractivity contribution in [3.8, 4) is 5.82 Å². The van der Waals surface area contributed by atoms with Crippen LogP contribution in [0.25, 0.3) is 5.82 Å². The molecular formula is C18H24N6O2. The summed E-state index contributed by atoms with van der Waals surface area (Å²) in [6, 6.07) is 5.84. The summed E-state index contributed by atoms with van der Waals surface area (Å²) in [6.07, 6.45) is 3.59. The van der Waals surface area contributed by atoms with Crippen molar-refractivity contribution in [2.24, 2.45) is 5.92 Å². The molecule has 2 saturated heterocycles. The molecule has 8 heteroatoms. The summed E-state index contributed by atoms with van der Waals surface area (Å²) < 4.78 is 7.05. The zero-order valence-corrected chi connectivity index (χ0v) is 15.0. The minimum atomic E-state index is 0.114. The van der Waals surface area contributed by atoms with Crippen LogP contribution in [0, 0.1) is 12.8 Å². The number of anilines is 1. The number of ether oxygens (including phenoxy) is 1. The topological polar surface area (TPSA) is 76.4 Å². The van der Waals surface area contributed by atoms with Crippen molar-refractivity contribution in [1.82, 2.24) is 24.9 Å². The van der Waals surface area contributed by atoms with Crippen LogP contribution in [0.4, 0.5) is 5.82 Å². The minimum absolute atomic E-state index is 0.114. The van der Waals surface area contributed by atoms with Crippen molar-refractivity contribution in [1.29, 1.82) is 0 Å². The average Bonchev–Trinajstić information content (AvgIpc) is 3.15. The zero-order chi connectivity index (χ0) is 17.9. The molecule has 0 atom stereocenters. The molecule has 1 amide bonds. The Morgan fingerprint density at radius 1 is 1.04 bits per heavy atom. The van der Waals surface area contributed by atoms with Crippen LogP contribution in [0.2, 0.25) is 0 Å². The van der Waals surface area contributed by atoms with E-state index in [4.69, 9.17) is 4.74 Å². The Morgan fingerprint density at radius 2 is 1.73 bits per heavy atom. The number of carbonyl (C=O) groups excluding carboxylic acids is 1. The lowest BCUT2D eigenvalue weighted by molar-refractivity contribution is -0.140. The van der Waals surface area contributed by atoms with Gasteiger partial charge in [-0.05, 0) is 38.0 Å². The van der Waals surface area contributed by atoms with E-state index in [1.807, 2.05) is 36.2 Å². The number of hydrogen-bond acceptors (Lipinski definition) is 6. The number of carbonyl (C=O) groups is 1. The second-order valence-electron chi connectivity index (χ2n) is 6.85. The summed E-state index contributed by atoms with van der Waals surface area (Å²) in [5.41, 5.74) is 0.947. The van der Waals surface area contributed by atoms with Crippen LogP contribution in [0.15, 0.2) is 24.4 Å². The van der Waals surface area contributed by atoms with E-state index in [1.54, 1.807) is 4.68 Å². The second-order valence-corrected chi connectivity index (χ2v) is 6.85. The molecule has 4 rings (SSSR count). The van der Waals surface area contributed by atoms with Crippen molar-refractivity contribution >= 4 is 11.7 Å². The summed E-state index contributed by atoms with van der Waals surface area (Å²) in [5, 5.41) is 13.0. The predicted octanol–water partition coefficient (Wildman–Crippen LogP) is 1.05. The predicted molar refractivity (Wildman–Crippen MR) is 96.2 cm³/mol. The Balaban J connectivity index is 1.35. The molecule has 2 fully saturated rings. The van der Waals surface area contributed by atoms with Crippen LogP contribution in [-0.2, 0) is 9.53 Å². The fourth-order valence-electron chi connectivity index (χ4n) is 3.55. The highest BCUT2D eigenvalue weighted by molar-refractivity contribution is 5.79. The molecule has 0 unspecified atom stereocenters. The van der Waals surface area contributed by atoms with E-state index in [-0.39, 0.29) is 11.8 Å². The lowest BCUT2D eigenvalue weighted by atomic mass is 9.95. The Labute approximate surface area is 152 Å². The zero-order valence-electron chi connectivity index (χ0n) is 15.0. The molecule has 0 bridgehead atoms. The van der Waals surface area contributed by atoms with Gasteiger partial charge >= 0.3 is 0 Å². The quantitative estimate of drug-likeness (QED) is 0.818. The Hall–Kier alpha value is -2.48. The first-order chi connectivity index (χ1) is 12.7. The molecule has 0 radical (unpaired) electrons. The van der Waals surface area contributed by atoms with Gasteiger partial charge in [-0.2, -0.15) is 5.10 Å². The third kappa shape index (κ3) is 3.55. The standard InChI is InChI=1S/C18H24N6O2/c1-14-4-9-24(21-14)17-3-2-16(19-20-17)22-7-5-15(6-8-22)18(25)23-10-12-26-13-11-23/h2-4,9,15H,5-8,10-13H2,1H3. The number of amides is 1. The van der Waals surface area contributed by atoms with Gasteiger partial charge in [-0.15, -0.1) is 10.2 Å². The van der Waals surface area contributed by atoms with E-state index in [1.165, 1.54) is 0 Å². The molecular weight excluding hydrogens is 332 g/mol. The summed E-state index contributed by atoms with van der Waals surface area (Å²) in [4.78, 5) is 16.8. The van der Waals surface area contributed by atoms with Gasteiger partial charge in [0.1, 0.15) is 0 Å². The van der Waals surface area contributed by atoms with Crippen LogP contribution in [0.1, 0.15) is 18.5 Å². The smallest absolute Gasteiger partial charge is 0.225 e. The number of aryl methyl sites for hydroxylation is 1. The third-order valence-electron chi connectivity index (χ3n) is 5.08. The SMILES string of the molecule is Cc1ccn(-c2ccc(N3CCC(C(=O)N4CCOCC4)CC3)nn2)n1. The minimum Gasteiger partial charge on any atom is -0.378 e. The molecule has 2 aromatic heterocycles. The van der Waals surface area contributed by atoms with Gasteiger partial charge in [-0.3, -0.25) is 4.79 Å². The number of nitrogens with zero attached hydrogens (tertiary/aromatic N) is 6. The van der Waals surface area contributed by atoms with Crippen molar-refractivity contribution in [2.75, 3.05) is 44.3 Å². The van der Waals surface area contributed by atoms with Crippen LogP contribution in [0.5, 0.6) is 0 Å². The van der Waals surface area contributed by atoms with Gasteiger partial charge in [0.15, 0.2) is 11.6 Å². The van der Waals surface area contributed by atoms with Gasteiger partial charge in [-0.1, -0.05) is 0 Å². The molecule has 8 nitrogen and oxygen atoms in total. The summed E-state index contributed by atoms with van der Waals surface area (Å²) in [6.45, 7) is 6.36. The van der Waals surface area contributed by atoms with Crippen LogP contribution in [0.3, 0.4) is 0 Å². The first-order valence-corrected chi connectivity index (χ1v) is 9.18. The molecule has 0 spiro atoms. The van der Waals surface area contributed by atoms with E-state index in [2.05, 4.69) is 20.2 Å². The molecule has 2 aliphatic rings. The highest BCUT2D eigenvalue weighted by atomic mass is 16.5. The van der Waals surface area contributed by atoms with Crippen molar-refractivity contribution < 1.29 is 9.53 Å². The maximum Gasteiger partial charge on any atom is 0.225 e. The lowest BCUT2D eigenvalue weighted by Crippen LogP contribution is -2.47. The molecule has 2 aromatic rings. The van der Waals surface area contributed by atoms with Gasteiger partial charge < -0.3 is 14.5 Å². The first-order valence-electron chi connectivity index (χ1n) is 9.18. The number of hydrogen-bond donors (Lipinski definition) is 0. The third-order valence-corrected chi connectivity index (χ3v) is 5.08. The number of aromatic nitrogens is 4. The molecule has 2 aliphatic heterocycles. The van der Waals surface area contributed by atoms with Gasteiger partial charge in [0.2, 0.25) is 5.91 Å². The molecule has 0 saturated carbocycles. The average molecular weight is 356 g/mol. The molecule has 0 aromatic carbocycles. The first kappa shape index (κ1) is 17.0. The monoisotopic (exact) mass is 356 g/mol. The summed E-state index contributed by atoms with van der Waals surface area (Å²) in [5.74, 6) is 1.96. The Morgan fingerprint density at radius 3 is 2.35 bits per heavy atom. The van der Waals surface area contributed by atoms with Crippen molar-refractivity contribution in [3.05, 3.63) is 30.1 Å². The maximum absolute atomic E-state index is 12.6. The largest absolute Gasteiger partial charge is 0.378 e. The molecule has 26 heavy (non-hydrogen) atoms. The van der Waals surface area contributed by atoms with E-state index in [0.717, 1.165) is 50.5 Å². The fraction of sp³-hybridized carbons (Fsp3) is 0.556. The van der Waals surface area contributed by atoms with Crippen molar-refractivity contribution in [2.45, 2.75) is 19.8 Å². The molecule has 0 N–H and O–H groups in total. The highest BCUT2D eigenvalue weighted by Crippen LogP contribution is 2.23. The molecule has 4 heterocycles. The Bertz CT molecular complexity index is 745. The van der Waals surface area contributed by atoms with Gasteiger partial charge in [0.25, 0.3) is 0 Å². The molecule has 138 valence electrons. The summed E-state index contributed by atoms with van der Waals surface area (Å²) >= 11 is 0. The number of rotatable bonds is 3. The van der Waals surface area contributed by atoms with Crippen LogP contribution < -0.4 is 4.90 Å². The van der Waals surface area contributed by atoms with Crippen LogP contribution in [-0.4, -0.2) is 70.2 Å². The second kappa shape index (κ2) is 7.41. The van der Waals surface area contributed by atoms with E-state index < -0.39 is 0 Å². The lowest BCUT2D eigenvalue weighted by Gasteiger charge is -2.35. The summed E-state index contributed by atoms with van der Waals surface area (Å²) in [7, 11) is 0. The number of piperidine rings is 1. The van der Waals surface area contributed by atoms with Gasteiger partial charge in [0.05, 0.1) is 18.9 Å².